The predicted molar refractivity (Wildman–Crippen MR) is 137 cm³/mol. The van der Waals surface area contributed by atoms with Gasteiger partial charge in [0.25, 0.3) is 0 Å². The molecule has 0 radical (unpaired) electrons. The van der Waals surface area contributed by atoms with E-state index in [1.807, 2.05) is 0 Å². The zero-order valence-electron chi connectivity index (χ0n) is 21.9. The van der Waals surface area contributed by atoms with Crippen LogP contribution in [0.2, 0.25) is 0 Å². The van der Waals surface area contributed by atoms with E-state index in [0.717, 1.165) is 5.56 Å². The van der Waals surface area contributed by atoms with Crippen LogP contribution in [0.3, 0.4) is 0 Å². The molecule has 1 aliphatic rings. The molecule has 202 valence electrons. The summed E-state index contributed by atoms with van der Waals surface area (Å²) >= 11 is 0. The normalized spacial score (nSPS) is 22.6. The lowest BCUT2D eigenvalue weighted by molar-refractivity contribution is -0.163. The number of rotatable bonds is 8. The van der Waals surface area contributed by atoms with Crippen molar-refractivity contribution >= 4 is 29.1 Å². The van der Waals surface area contributed by atoms with Gasteiger partial charge in [-0.2, -0.15) is 0 Å². The lowest BCUT2D eigenvalue weighted by Crippen LogP contribution is -2.46. The minimum atomic E-state index is -1.29. The van der Waals surface area contributed by atoms with Crippen LogP contribution < -0.4 is 10.1 Å². The first kappa shape index (κ1) is 28.7. The van der Waals surface area contributed by atoms with Gasteiger partial charge in [0.1, 0.15) is 17.6 Å². The smallest absolute Gasteiger partial charge is 0.308 e. The molecule has 1 fully saturated rings. The molecule has 9 nitrogen and oxygen atoms in total. The fraction of sp³-hybridized carbons (Fsp3) is 0.414. The van der Waals surface area contributed by atoms with E-state index in [-0.39, 0.29) is 18.7 Å². The molecular formula is C29H33NO8. The maximum Gasteiger partial charge on any atom is 0.308 e. The Bertz CT molecular complexity index is 1210. The Morgan fingerprint density at radius 1 is 1.03 bits per heavy atom. The van der Waals surface area contributed by atoms with Crippen molar-refractivity contribution in [3.8, 4) is 11.5 Å². The highest BCUT2D eigenvalue weighted by atomic mass is 16.5. The molecule has 0 unspecified atom stereocenters. The Morgan fingerprint density at radius 2 is 1.71 bits per heavy atom. The van der Waals surface area contributed by atoms with Crippen molar-refractivity contribution in [2.45, 2.75) is 52.3 Å². The summed E-state index contributed by atoms with van der Waals surface area (Å²) in [5.41, 5.74) is 1.13. The zero-order valence-corrected chi connectivity index (χ0v) is 21.9. The molecule has 9 heteroatoms. The molecule has 0 heterocycles. The minimum absolute atomic E-state index is 0.0471. The number of esters is 1. The van der Waals surface area contributed by atoms with Crippen molar-refractivity contribution in [3.63, 3.8) is 0 Å². The summed E-state index contributed by atoms with van der Waals surface area (Å²) in [6, 6.07) is 12.2. The van der Waals surface area contributed by atoms with Crippen molar-refractivity contribution < 1.29 is 38.6 Å². The second kappa shape index (κ2) is 12.6. The van der Waals surface area contributed by atoms with Gasteiger partial charge in [0.05, 0.1) is 30.9 Å². The number of ketones is 4. The Labute approximate surface area is 221 Å². The third-order valence-electron chi connectivity index (χ3n) is 6.72. The number of benzene rings is 2. The fourth-order valence-electron chi connectivity index (χ4n) is 4.38. The number of Topliss-reactive ketones (excluding diaryl/α,β-unsaturated/α-hetero) is 4. The molecule has 0 aromatic heterocycles. The molecule has 2 N–H and O–H groups in total. The summed E-state index contributed by atoms with van der Waals surface area (Å²) in [4.78, 5) is 65.8. The topological polar surface area (TPSA) is 136 Å². The zero-order chi connectivity index (χ0) is 28.0. The quantitative estimate of drug-likeness (QED) is 0.395. The second-order valence-electron chi connectivity index (χ2n) is 9.79. The number of carbonyl (C=O) groups is 5. The van der Waals surface area contributed by atoms with Crippen molar-refractivity contribution in [2.24, 2.45) is 17.8 Å². The van der Waals surface area contributed by atoms with Crippen LogP contribution in [0.25, 0.3) is 0 Å². The highest BCUT2D eigenvalue weighted by Crippen LogP contribution is 2.28. The van der Waals surface area contributed by atoms with E-state index in [0.29, 0.717) is 11.3 Å². The maximum atomic E-state index is 13.5. The van der Waals surface area contributed by atoms with Crippen LogP contribution in [0.4, 0.5) is 0 Å². The van der Waals surface area contributed by atoms with Gasteiger partial charge in [-0.25, -0.2) is 0 Å². The molecule has 2 aromatic carbocycles. The monoisotopic (exact) mass is 523 g/mol. The van der Waals surface area contributed by atoms with Crippen LogP contribution in [0.1, 0.15) is 38.3 Å². The fourth-order valence-corrected chi connectivity index (χ4v) is 4.38. The second-order valence-corrected chi connectivity index (χ2v) is 9.79. The maximum absolute atomic E-state index is 13.5. The number of aromatic hydroxyl groups is 1. The van der Waals surface area contributed by atoms with Gasteiger partial charge in [0.2, 0.25) is 23.1 Å². The number of ether oxygens (including phenoxy) is 2. The Kier molecular flexibility index (Phi) is 9.52. The van der Waals surface area contributed by atoms with Crippen LogP contribution in [-0.2, 0) is 41.7 Å². The molecule has 4 atom stereocenters. The number of methoxy groups -OCH3 is 1. The molecule has 1 aliphatic carbocycles. The summed E-state index contributed by atoms with van der Waals surface area (Å²) in [5.74, 6) is -6.52. The first-order valence-corrected chi connectivity index (χ1v) is 12.5. The molecule has 3 rings (SSSR count). The SMILES string of the molecule is COc1ccc(CN[C@H]2CC(=O)C(=O)[C@H](Cc3ccccc3)[C@H](OC(=O)C(C)C)[C@H](C)C(=O)C2=O)c(O)c1. The van der Waals surface area contributed by atoms with Gasteiger partial charge in [0.15, 0.2) is 0 Å². The molecule has 0 amide bonds. The molecular weight excluding hydrogens is 490 g/mol. The van der Waals surface area contributed by atoms with E-state index >= 15 is 0 Å². The van der Waals surface area contributed by atoms with Crippen LogP contribution in [0, 0.1) is 17.8 Å². The first-order valence-electron chi connectivity index (χ1n) is 12.5. The molecule has 0 aliphatic heterocycles. The van der Waals surface area contributed by atoms with Crippen LogP contribution in [0.15, 0.2) is 48.5 Å². The average molecular weight is 524 g/mol. The summed E-state index contributed by atoms with van der Waals surface area (Å²) in [6.07, 6.45) is -1.77. The number of carbonyl (C=O) groups excluding carboxylic acids is 5. The number of hydrogen-bond donors (Lipinski definition) is 2. The Balaban J connectivity index is 1.94. The van der Waals surface area contributed by atoms with Crippen molar-refractivity contribution in [2.75, 3.05) is 7.11 Å². The largest absolute Gasteiger partial charge is 0.507 e. The predicted octanol–water partition coefficient (Wildman–Crippen LogP) is 2.60. The standard InChI is InChI=1S/C29H33NO8/c1-16(2)29(36)38-28-17(3)25(33)27(35)22(30-15-19-10-11-20(37-4)13-23(19)31)14-24(32)26(34)21(28)12-18-8-6-5-7-9-18/h5-11,13,16-17,21-22,28,30-31H,12,14-15H2,1-4H3/t17-,21+,22+,28-/m1/s1. The van der Waals surface area contributed by atoms with E-state index in [1.54, 1.807) is 56.3 Å². The van der Waals surface area contributed by atoms with Crippen LogP contribution in [-0.4, -0.2) is 53.5 Å². The lowest BCUT2D eigenvalue weighted by atomic mass is 9.81. The molecule has 38 heavy (non-hydrogen) atoms. The third-order valence-corrected chi connectivity index (χ3v) is 6.72. The van der Waals surface area contributed by atoms with E-state index in [2.05, 4.69) is 5.32 Å². The Morgan fingerprint density at radius 3 is 2.32 bits per heavy atom. The first-order chi connectivity index (χ1) is 18.0. The number of phenols is 1. The number of nitrogens with one attached hydrogen (secondary N) is 1. The van der Waals surface area contributed by atoms with E-state index in [1.165, 1.54) is 20.1 Å². The van der Waals surface area contributed by atoms with Crippen molar-refractivity contribution in [3.05, 3.63) is 59.7 Å². The lowest BCUT2D eigenvalue weighted by Gasteiger charge is -2.29. The van der Waals surface area contributed by atoms with Crippen LogP contribution >= 0.6 is 0 Å². The summed E-state index contributed by atoms with van der Waals surface area (Å²) < 4.78 is 10.7. The number of phenolic OH excluding ortho intramolecular Hbond substituents is 1. The average Bonchev–Trinajstić information content (AvgIpc) is 2.93. The van der Waals surface area contributed by atoms with Crippen molar-refractivity contribution in [1.82, 2.24) is 5.32 Å². The van der Waals surface area contributed by atoms with E-state index < -0.39 is 65.4 Å². The number of hydrogen-bond acceptors (Lipinski definition) is 9. The molecule has 1 saturated carbocycles. The van der Waals surface area contributed by atoms with Gasteiger partial charge < -0.3 is 19.9 Å². The van der Waals surface area contributed by atoms with Gasteiger partial charge in [-0.3, -0.25) is 24.0 Å². The van der Waals surface area contributed by atoms with Crippen molar-refractivity contribution in [1.29, 1.82) is 0 Å². The third kappa shape index (κ3) is 6.72. The molecule has 0 saturated heterocycles. The molecule has 0 bridgehead atoms. The summed E-state index contributed by atoms with van der Waals surface area (Å²) in [5, 5.41) is 13.1. The highest BCUT2D eigenvalue weighted by Gasteiger charge is 2.46. The van der Waals surface area contributed by atoms with Gasteiger partial charge in [0, 0.05) is 24.6 Å². The van der Waals surface area contributed by atoms with Gasteiger partial charge >= 0.3 is 5.97 Å². The Hall–Kier alpha value is -3.85. The van der Waals surface area contributed by atoms with E-state index in [4.69, 9.17) is 9.47 Å². The van der Waals surface area contributed by atoms with E-state index in [9.17, 15) is 29.1 Å². The molecule has 2 aromatic rings. The summed E-state index contributed by atoms with van der Waals surface area (Å²) in [6.45, 7) is 4.62. The minimum Gasteiger partial charge on any atom is -0.507 e. The van der Waals surface area contributed by atoms with Gasteiger partial charge in [-0.05, 0) is 18.1 Å². The highest BCUT2D eigenvalue weighted by molar-refractivity contribution is 6.44. The molecule has 0 spiro atoms. The van der Waals surface area contributed by atoms with Crippen LogP contribution in [0.5, 0.6) is 11.5 Å². The van der Waals surface area contributed by atoms with Gasteiger partial charge in [-0.15, -0.1) is 0 Å². The van der Waals surface area contributed by atoms with Gasteiger partial charge in [-0.1, -0.05) is 57.2 Å². The summed E-state index contributed by atoms with van der Waals surface area (Å²) in [7, 11) is 1.45.